The van der Waals surface area contributed by atoms with Crippen molar-refractivity contribution >= 4 is 17.2 Å². The maximum absolute atomic E-state index is 12.6. The Labute approximate surface area is 151 Å². The van der Waals surface area contributed by atoms with Gasteiger partial charge < -0.3 is 10.1 Å². The first kappa shape index (κ1) is 16.5. The van der Waals surface area contributed by atoms with Gasteiger partial charge in [0.25, 0.3) is 0 Å². The molecule has 4 rings (SSSR count). The van der Waals surface area contributed by atoms with E-state index in [4.69, 9.17) is 4.74 Å². The lowest BCUT2D eigenvalue weighted by atomic mass is 9.79. The topological polar surface area (TPSA) is 69.0 Å². The van der Waals surface area contributed by atoms with Gasteiger partial charge in [0, 0.05) is 11.3 Å². The summed E-state index contributed by atoms with van der Waals surface area (Å²) in [6.07, 6.45) is 7.63. The molecule has 1 saturated heterocycles. The van der Waals surface area contributed by atoms with Crippen LogP contribution >= 0.6 is 0 Å². The van der Waals surface area contributed by atoms with Crippen LogP contribution in [-0.4, -0.2) is 33.6 Å². The third kappa shape index (κ3) is 2.59. The predicted octanol–water partition coefficient (Wildman–Crippen LogP) is 2.71. The standard InChI is InChI=1S/C20H20N4O2/c1-3-7-14(4-2)18-12-24(23-22-18)11-15-10-20(13-26-15)16-8-5-6-9-17(16)21-19(20)25/h3-9,12,15H,1-2,10-11,13H2,(H,21,25)/b14-7+. The number of carbonyl (C=O) groups excluding carboxylic acids is 1. The molecule has 1 fully saturated rings. The molecule has 2 atom stereocenters. The lowest BCUT2D eigenvalue weighted by molar-refractivity contribution is -0.120. The maximum atomic E-state index is 12.6. The SMILES string of the molecule is C=C/C=C(\C=C)c1cn(CC2CC3(CO2)C(=O)Nc2ccccc23)nn1. The molecule has 2 aliphatic rings. The Morgan fingerprint density at radius 1 is 1.42 bits per heavy atom. The van der Waals surface area contributed by atoms with E-state index in [-0.39, 0.29) is 12.0 Å². The molecule has 26 heavy (non-hydrogen) atoms. The van der Waals surface area contributed by atoms with E-state index in [1.165, 1.54) is 0 Å². The van der Waals surface area contributed by atoms with E-state index < -0.39 is 5.41 Å². The summed E-state index contributed by atoms with van der Waals surface area (Å²) in [6, 6.07) is 7.82. The Balaban J connectivity index is 1.52. The number of amides is 1. The lowest BCUT2D eigenvalue weighted by Gasteiger charge is -2.19. The average Bonchev–Trinajstić information content (AvgIpc) is 3.34. The summed E-state index contributed by atoms with van der Waals surface area (Å²) in [5.74, 6) is 0.0170. The van der Waals surface area contributed by atoms with Gasteiger partial charge in [0.1, 0.15) is 11.1 Å². The van der Waals surface area contributed by atoms with Gasteiger partial charge >= 0.3 is 0 Å². The summed E-state index contributed by atoms with van der Waals surface area (Å²) in [5, 5.41) is 11.3. The number of rotatable bonds is 5. The van der Waals surface area contributed by atoms with Crippen molar-refractivity contribution in [2.24, 2.45) is 0 Å². The van der Waals surface area contributed by atoms with Crippen molar-refractivity contribution in [3.63, 3.8) is 0 Å². The van der Waals surface area contributed by atoms with Crippen LogP contribution in [0.4, 0.5) is 5.69 Å². The molecule has 0 aliphatic carbocycles. The summed E-state index contributed by atoms with van der Waals surface area (Å²) >= 11 is 0. The molecule has 1 aromatic carbocycles. The Hall–Kier alpha value is -2.99. The number of nitrogens with one attached hydrogen (secondary N) is 1. The molecule has 132 valence electrons. The van der Waals surface area contributed by atoms with E-state index >= 15 is 0 Å². The molecule has 0 saturated carbocycles. The van der Waals surface area contributed by atoms with Crippen LogP contribution < -0.4 is 5.32 Å². The largest absolute Gasteiger partial charge is 0.375 e. The normalized spacial score (nSPS) is 24.5. The van der Waals surface area contributed by atoms with Gasteiger partial charge in [-0.25, -0.2) is 4.68 Å². The molecule has 2 unspecified atom stereocenters. The molecular formula is C20H20N4O2. The van der Waals surface area contributed by atoms with Crippen molar-refractivity contribution in [1.29, 1.82) is 0 Å². The number of aromatic nitrogens is 3. The van der Waals surface area contributed by atoms with Crippen molar-refractivity contribution in [2.45, 2.75) is 24.5 Å². The number of ether oxygens (including phenoxy) is 1. The van der Waals surface area contributed by atoms with Crippen molar-refractivity contribution in [2.75, 3.05) is 11.9 Å². The quantitative estimate of drug-likeness (QED) is 0.844. The van der Waals surface area contributed by atoms with E-state index in [1.54, 1.807) is 16.8 Å². The van der Waals surface area contributed by atoms with Gasteiger partial charge in [-0.3, -0.25) is 4.79 Å². The Bertz CT molecular complexity index is 914. The predicted molar refractivity (Wildman–Crippen MR) is 99.5 cm³/mol. The van der Waals surface area contributed by atoms with Gasteiger partial charge in [0.2, 0.25) is 5.91 Å². The molecule has 6 heteroatoms. The molecule has 1 spiro atoms. The summed E-state index contributed by atoms with van der Waals surface area (Å²) in [6.45, 7) is 8.41. The number of para-hydroxylation sites is 1. The number of fused-ring (bicyclic) bond motifs is 2. The first-order chi connectivity index (χ1) is 12.7. The van der Waals surface area contributed by atoms with E-state index in [9.17, 15) is 4.79 Å². The number of nitrogens with zero attached hydrogens (tertiary/aromatic N) is 3. The van der Waals surface area contributed by atoms with Gasteiger partial charge in [-0.05, 0) is 18.1 Å². The fourth-order valence-corrected chi connectivity index (χ4v) is 3.72. The van der Waals surface area contributed by atoms with Crippen LogP contribution in [0.3, 0.4) is 0 Å². The third-order valence-electron chi connectivity index (χ3n) is 5.01. The van der Waals surface area contributed by atoms with Gasteiger partial charge in [-0.15, -0.1) is 5.10 Å². The van der Waals surface area contributed by atoms with E-state index in [0.717, 1.165) is 22.5 Å². The molecule has 3 heterocycles. The summed E-state index contributed by atoms with van der Waals surface area (Å²) in [4.78, 5) is 12.6. The minimum Gasteiger partial charge on any atom is -0.375 e. The average molecular weight is 348 g/mol. The zero-order valence-corrected chi connectivity index (χ0v) is 14.4. The first-order valence-electron chi connectivity index (χ1n) is 8.54. The van der Waals surface area contributed by atoms with Gasteiger partial charge in [0.05, 0.1) is 25.5 Å². The third-order valence-corrected chi connectivity index (χ3v) is 5.01. The summed E-state index contributed by atoms with van der Waals surface area (Å²) in [7, 11) is 0. The van der Waals surface area contributed by atoms with E-state index in [0.29, 0.717) is 19.6 Å². The lowest BCUT2D eigenvalue weighted by Crippen LogP contribution is -2.35. The molecule has 2 aromatic rings. The van der Waals surface area contributed by atoms with Gasteiger partial charge in [-0.2, -0.15) is 0 Å². The highest BCUT2D eigenvalue weighted by Crippen LogP contribution is 2.45. The van der Waals surface area contributed by atoms with Crippen molar-refractivity contribution in [3.8, 4) is 0 Å². The van der Waals surface area contributed by atoms with Crippen molar-refractivity contribution in [1.82, 2.24) is 15.0 Å². The highest BCUT2D eigenvalue weighted by Gasteiger charge is 2.52. The zero-order valence-electron chi connectivity index (χ0n) is 14.4. The minimum atomic E-state index is -0.598. The van der Waals surface area contributed by atoms with Crippen molar-refractivity contribution < 1.29 is 9.53 Å². The molecule has 1 amide bonds. The zero-order chi connectivity index (χ0) is 18.1. The number of anilines is 1. The number of allylic oxidation sites excluding steroid dienone is 4. The molecule has 1 aromatic heterocycles. The summed E-state index contributed by atoms with van der Waals surface area (Å²) in [5.41, 5.74) is 2.90. The highest BCUT2D eigenvalue weighted by molar-refractivity contribution is 6.06. The molecule has 1 N–H and O–H groups in total. The van der Waals surface area contributed by atoms with Crippen LogP contribution in [0.2, 0.25) is 0 Å². The second-order valence-electron chi connectivity index (χ2n) is 6.61. The molecule has 0 bridgehead atoms. The highest BCUT2D eigenvalue weighted by atomic mass is 16.5. The minimum absolute atomic E-state index is 0.0170. The van der Waals surface area contributed by atoms with Crippen LogP contribution in [-0.2, 0) is 21.5 Å². The molecule has 6 nitrogen and oxygen atoms in total. The monoisotopic (exact) mass is 348 g/mol. The fraction of sp³-hybridized carbons (Fsp3) is 0.250. The fourth-order valence-electron chi connectivity index (χ4n) is 3.72. The van der Waals surface area contributed by atoms with Crippen LogP contribution in [0.5, 0.6) is 0 Å². The van der Waals surface area contributed by atoms with Crippen molar-refractivity contribution in [3.05, 3.63) is 73.1 Å². The van der Waals surface area contributed by atoms with E-state index in [2.05, 4.69) is 28.8 Å². The van der Waals surface area contributed by atoms with Crippen LogP contribution in [0.1, 0.15) is 17.7 Å². The maximum Gasteiger partial charge on any atom is 0.237 e. The van der Waals surface area contributed by atoms with Gasteiger partial charge in [-0.1, -0.05) is 54.8 Å². The number of carbonyl (C=O) groups is 1. The molecule has 2 aliphatic heterocycles. The molecular weight excluding hydrogens is 328 g/mol. The second-order valence-corrected chi connectivity index (χ2v) is 6.61. The van der Waals surface area contributed by atoms with E-state index in [1.807, 2.05) is 36.5 Å². The van der Waals surface area contributed by atoms with Crippen LogP contribution in [0.15, 0.2) is 61.8 Å². The Kier molecular flexibility index (Phi) is 4.05. The van der Waals surface area contributed by atoms with Crippen LogP contribution in [0, 0.1) is 0 Å². The summed E-state index contributed by atoms with van der Waals surface area (Å²) < 4.78 is 7.71. The Morgan fingerprint density at radius 2 is 2.27 bits per heavy atom. The first-order valence-corrected chi connectivity index (χ1v) is 8.54. The van der Waals surface area contributed by atoms with Gasteiger partial charge in [0.15, 0.2) is 0 Å². The number of benzene rings is 1. The second kappa shape index (κ2) is 6.38. The smallest absolute Gasteiger partial charge is 0.237 e. The molecule has 0 radical (unpaired) electrons. The Morgan fingerprint density at radius 3 is 3.08 bits per heavy atom. The van der Waals surface area contributed by atoms with Crippen LogP contribution in [0.25, 0.3) is 5.57 Å². The number of hydrogen-bond donors (Lipinski definition) is 1. The number of hydrogen-bond acceptors (Lipinski definition) is 4.